The van der Waals surface area contributed by atoms with Gasteiger partial charge >= 0.3 is 12.1 Å². The molecule has 0 radical (unpaired) electrons. The Morgan fingerprint density at radius 1 is 0.633 bits per heavy atom. The number of hydrogen-bond donors (Lipinski definition) is 2. The lowest BCUT2D eigenvalue weighted by molar-refractivity contribution is 0.199. The zero-order valence-electron chi connectivity index (χ0n) is 17.9. The summed E-state index contributed by atoms with van der Waals surface area (Å²) in [6, 6.07) is 3.66. The van der Waals surface area contributed by atoms with Crippen LogP contribution in [0.5, 0.6) is 0 Å². The molecule has 0 unspecified atom stereocenters. The summed E-state index contributed by atoms with van der Waals surface area (Å²) in [6.45, 7) is 5.13. The van der Waals surface area contributed by atoms with Gasteiger partial charge in [-0.15, -0.1) is 0 Å². The molecule has 0 atom stereocenters. The summed E-state index contributed by atoms with van der Waals surface area (Å²) in [6.07, 6.45) is 10.1. The van der Waals surface area contributed by atoms with Gasteiger partial charge in [0.05, 0.1) is 0 Å². The van der Waals surface area contributed by atoms with Crippen LogP contribution in [0.2, 0.25) is 0 Å². The van der Waals surface area contributed by atoms with Crippen LogP contribution in [-0.4, -0.2) is 66.1 Å². The maximum Gasteiger partial charge on any atom is 0.323 e. The van der Waals surface area contributed by atoms with Crippen molar-refractivity contribution in [2.45, 2.75) is 57.8 Å². The molecule has 8 heteroatoms. The zero-order chi connectivity index (χ0) is 20.8. The number of aromatic nitrogens is 1. The molecule has 0 spiro atoms. The van der Waals surface area contributed by atoms with E-state index in [0.717, 1.165) is 83.5 Å². The van der Waals surface area contributed by atoms with Crippen LogP contribution in [0.4, 0.5) is 26.9 Å². The topological polar surface area (TPSA) is 80.8 Å². The van der Waals surface area contributed by atoms with Crippen molar-refractivity contribution >= 4 is 29.4 Å². The van der Waals surface area contributed by atoms with Gasteiger partial charge in [-0.25, -0.2) is 14.6 Å². The summed E-state index contributed by atoms with van der Waals surface area (Å²) < 4.78 is 0. The van der Waals surface area contributed by atoms with Gasteiger partial charge in [0, 0.05) is 57.1 Å². The van der Waals surface area contributed by atoms with Crippen molar-refractivity contribution in [1.82, 2.24) is 14.8 Å². The Labute approximate surface area is 179 Å². The second-order valence-electron chi connectivity index (χ2n) is 8.60. The van der Waals surface area contributed by atoms with Crippen LogP contribution in [0.15, 0.2) is 12.1 Å². The van der Waals surface area contributed by atoms with Gasteiger partial charge in [-0.05, 0) is 57.8 Å². The van der Waals surface area contributed by atoms with Crippen molar-refractivity contribution in [3.05, 3.63) is 12.1 Å². The third-order valence-corrected chi connectivity index (χ3v) is 6.29. The van der Waals surface area contributed by atoms with Crippen LogP contribution in [-0.2, 0) is 0 Å². The molecular formula is C22H34N6O2. The van der Waals surface area contributed by atoms with Crippen LogP contribution < -0.4 is 15.5 Å². The van der Waals surface area contributed by atoms with Gasteiger partial charge in [-0.1, -0.05) is 0 Å². The average molecular weight is 415 g/mol. The van der Waals surface area contributed by atoms with Crippen molar-refractivity contribution in [2.24, 2.45) is 0 Å². The molecule has 4 heterocycles. The highest BCUT2D eigenvalue weighted by atomic mass is 16.2. The Balaban J connectivity index is 1.51. The number of urea groups is 2. The first kappa shape index (κ1) is 20.8. The maximum absolute atomic E-state index is 12.7. The number of hydrogen-bond acceptors (Lipinski definition) is 4. The number of pyridine rings is 1. The van der Waals surface area contributed by atoms with Gasteiger partial charge in [0.1, 0.15) is 11.6 Å². The molecule has 8 nitrogen and oxygen atoms in total. The van der Waals surface area contributed by atoms with E-state index in [0.29, 0.717) is 11.6 Å². The molecule has 4 amide bonds. The molecular weight excluding hydrogens is 380 g/mol. The van der Waals surface area contributed by atoms with E-state index in [-0.39, 0.29) is 12.1 Å². The van der Waals surface area contributed by atoms with Crippen LogP contribution >= 0.6 is 0 Å². The third-order valence-electron chi connectivity index (χ3n) is 6.29. The lowest BCUT2D eigenvalue weighted by atomic mass is 10.1. The summed E-state index contributed by atoms with van der Waals surface area (Å²) in [5, 5.41) is 5.94. The fourth-order valence-corrected chi connectivity index (χ4v) is 4.55. The highest BCUT2D eigenvalue weighted by Crippen LogP contribution is 2.26. The zero-order valence-corrected chi connectivity index (χ0v) is 17.9. The minimum Gasteiger partial charge on any atom is -0.371 e. The number of likely N-dealkylation sites (tertiary alicyclic amines) is 2. The average Bonchev–Trinajstić information content (AvgIpc) is 2.80. The Bertz CT molecular complexity index is 687. The molecule has 0 bridgehead atoms. The van der Waals surface area contributed by atoms with Gasteiger partial charge < -0.3 is 14.7 Å². The van der Waals surface area contributed by atoms with E-state index >= 15 is 0 Å². The number of piperidine rings is 3. The molecule has 0 saturated carbocycles. The predicted octanol–water partition coefficient (Wildman–Crippen LogP) is 4.11. The van der Waals surface area contributed by atoms with Crippen LogP contribution in [0.1, 0.15) is 57.8 Å². The summed E-state index contributed by atoms with van der Waals surface area (Å²) in [4.78, 5) is 36.0. The number of nitrogens with one attached hydrogen (secondary N) is 2. The van der Waals surface area contributed by atoms with E-state index in [4.69, 9.17) is 0 Å². The Morgan fingerprint density at radius 2 is 1.03 bits per heavy atom. The van der Waals surface area contributed by atoms with E-state index in [1.54, 1.807) is 0 Å². The molecule has 164 valence electrons. The Kier molecular flexibility index (Phi) is 6.92. The van der Waals surface area contributed by atoms with Crippen LogP contribution in [0, 0.1) is 0 Å². The molecule has 30 heavy (non-hydrogen) atoms. The molecule has 3 saturated heterocycles. The summed E-state index contributed by atoms with van der Waals surface area (Å²) in [5.41, 5.74) is 1.01. The highest BCUT2D eigenvalue weighted by molar-refractivity contribution is 5.91. The number of carbonyl (C=O) groups is 2. The molecule has 1 aromatic heterocycles. The first-order chi connectivity index (χ1) is 14.7. The van der Waals surface area contributed by atoms with Gasteiger partial charge in [0.2, 0.25) is 0 Å². The summed E-state index contributed by atoms with van der Waals surface area (Å²) in [7, 11) is 0. The van der Waals surface area contributed by atoms with Crippen LogP contribution in [0.25, 0.3) is 0 Å². The predicted molar refractivity (Wildman–Crippen MR) is 119 cm³/mol. The smallest absolute Gasteiger partial charge is 0.323 e. The maximum atomic E-state index is 12.7. The van der Waals surface area contributed by atoms with E-state index in [2.05, 4.69) is 20.5 Å². The van der Waals surface area contributed by atoms with Gasteiger partial charge in [-0.2, -0.15) is 0 Å². The second kappa shape index (κ2) is 10.00. The largest absolute Gasteiger partial charge is 0.371 e. The summed E-state index contributed by atoms with van der Waals surface area (Å²) in [5.74, 6) is 1.00. The minimum atomic E-state index is -0.105. The van der Waals surface area contributed by atoms with E-state index in [9.17, 15) is 9.59 Å². The number of amides is 4. The second-order valence-corrected chi connectivity index (χ2v) is 8.60. The molecule has 3 aliphatic rings. The molecule has 2 N–H and O–H groups in total. The number of rotatable bonds is 3. The molecule has 3 aliphatic heterocycles. The molecule has 4 rings (SSSR count). The third kappa shape index (κ3) is 5.34. The molecule has 3 fully saturated rings. The van der Waals surface area contributed by atoms with Gasteiger partial charge in [0.15, 0.2) is 0 Å². The van der Waals surface area contributed by atoms with Gasteiger partial charge in [-0.3, -0.25) is 10.6 Å². The fraction of sp³-hybridized carbons (Fsp3) is 0.682. The van der Waals surface area contributed by atoms with E-state index < -0.39 is 0 Å². The monoisotopic (exact) mass is 414 g/mol. The van der Waals surface area contributed by atoms with Gasteiger partial charge in [0.25, 0.3) is 0 Å². The van der Waals surface area contributed by atoms with Crippen molar-refractivity contribution in [3.8, 4) is 0 Å². The number of anilines is 3. The molecule has 1 aromatic rings. The van der Waals surface area contributed by atoms with E-state index in [1.165, 1.54) is 19.3 Å². The first-order valence-corrected chi connectivity index (χ1v) is 11.6. The Morgan fingerprint density at radius 3 is 1.47 bits per heavy atom. The fourth-order valence-electron chi connectivity index (χ4n) is 4.55. The molecule has 0 aromatic carbocycles. The number of nitrogens with zero attached hydrogens (tertiary/aromatic N) is 4. The van der Waals surface area contributed by atoms with Crippen LogP contribution in [0.3, 0.4) is 0 Å². The standard InChI is InChI=1S/C22H34N6O2/c29-21(27-12-6-2-7-13-27)24-19-16-18(26-10-4-1-5-11-26)17-20(23-19)25-22(30)28-14-8-3-9-15-28/h16-17H,1-15H2,(H2,23,24,25,29,30). The number of carbonyl (C=O) groups excluding carboxylic acids is 2. The first-order valence-electron chi connectivity index (χ1n) is 11.6. The SMILES string of the molecule is O=C(Nc1cc(N2CCCCC2)cc(NC(=O)N2CCCCC2)n1)N1CCCCC1. The van der Waals surface area contributed by atoms with E-state index in [1.807, 2.05) is 21.9 Å². The lowest BCUT2D eigenvalue weighted by Crippen LogP contribution is -2.39. The lowest BCUT2D eigenvalue weighted by Gasteiger charge is -2.30. The Hall–Kier alpha value is -2.51. The van der Waals surface area contributed by atoms with Crippen molar-refractivity contribution < 1.29 is 9.59 Å². The quantitative estimate of drug-likeness (QED) is 0.780. The van der Waals surface area contributed by atoms with Crippen molar-refractivity contribution in [3.63, 3.8) is 0 Å². The van der Waals surface area contributed by atoms with Crippen molar-refractivity contribution in [2.75, 3.05) is 54.8 Å². The normalized spacial score (nSPS) is 20.1. The minimum absolute atomic E-state index is 0.105. The summed E-state index contributed by atoms with van der Waals surface area (Å²) >= 11 is 0. The van der Waals surface area contributed by atoms with Crippen molar-refractivity contribution in [1.29, 1.82) is 0 Å². The molecule has 0 aliphatic carbocycles. The highest BCUT2D eigenvalue weighted by Gasteiger charge is 2.21.